The Labute approximate surface area is 131 Å². The zero-order valence-electron chi connectivity index (χ0n) is 13.5. The molecule has 1 saturated heterocycles. The maximum atomic E-state index is 12.4. The molecule has 0 radical (unpaired) electrons. The Morgan fingerprint density at radius 3 is 2.91 bits per heavy atom. The van der Waals surface area contributed by atoms with Crippen molar-refractivity contribution >= 4 is 6.03 Å². The zero-order valence-corrected chi connectivity index (χ0v) is 13.5. The number of hydrogen-bond acceptors (Lipinski definition) is 3. The van der Waals surface area contributed by atoms with Crippen molar-refractivity contribution in [3.05, 3.63) is 28.8 Å². The van der Waals surface area contributed by atoms with Crippen LogP contribution in [0.4, 0.5) is 4.79 Å². The number of benzene rings is 1. The fourth-order valence-electron chi connectivity index (χ4n) is 3.11. The standard InChI is InChI=1S/C17H24N2O3/c1-11-4-5-14-15(10-22-16(14)12(11)2)18-17(20)19(3)8-13-6-7-21-9-13/h4-5,13,15H,6-10H2,1-3H3,(H,18,20)/t13-,15-/m1/s1. The normalized spacial score (nSPS) is 23.0. The van der Waals surface area contributed by atoms with Gasteiger partial charge >= 0.3 is 6.03 Å². The van der Waals surface area contributed by atoms with Crippen molar-refractivity contribution in [3.63, 3.8) is 0 Å². The van der Waals surface area contributed by atoms with Gasteiger partial charge in [-0.3, -0.25) is 0 Å². The molecule has 3 rings (SSSR count). The lowest BCUT2D eigenvalue weighted by molar-refractivity contribution is 0.169. The van der Waals surface area contributed by atoms with Crippen molar-refractivity contribution in [1.29, 1.82) is 0 Å². The van der Waals surface area contributed by atoms with Crippen LogP contribution in [-0.2, 0) is 4.74 Å². The highest BCUT2D eigenvalue weighted by molar-refractivity contribution is 5.75. The minimum Gasteiger partial charge on any atom is -0.490 e. The molecular formula is C17H24N2O3. The van der Waals surface area contributed by atoms with Crippen LogP contribution < -0.4 is 10.1 Å². The molecule has 22 heavy (non-hydrogen) atoms. The van der Waals surface area contributed by atoms with Gasteiger partial charge in [0.2, 0.25) is 0 Å². The number of ether oxygens (including phenoxy) is 2. The summed E-state index contributed by atoms with van der Waals surface area (Å²) in [6.45, 7) is 6.94. The summed E-state index contributed by atoms with van der Waals surface area (Å²) >= 11 is 0. The molecule has 2 aliphatic rings. The Kier molecular flexibility index (Phi) is 4.25. The van der Waals surface area contributed by atoms with Crippen LogP contribution in [0.3, 0.4) is 0 Å². The molecule has 2 atom stereocenters. The highest BCUT2D eigenvalue weighted by Crippen LogP contribution is 2.36. The number of nitrogens with zero attached hydrogens (tertiary/aromatic N) is 1. The van der Waals surface area contributed by atoms with E-state index in [1.54, 1.807) is 4.90 Å². The van der Waals surface area contributed by atoms with Gasteiger partial charge < -0.3 is 19.7 Å². The maximum absolute atomic E-state index is 12.4. The van der Waals surface area contributed by atoms with Crippen LogP contribution in [0.15, 0.2) is 12.1 Å². The number of amides is 2. The molecule has 0 bridgehead atoms. The lowest BCUT2D eigenvalue weighted by atomic mass is 10.0. The van der Waals surface area contributed by atoms with Crippen molar-refractivity contribution in [2.24, 2.45) is 5.92 Å². The molecule has 0 spiro atoms. The first kappa shape index (κ1) is 15.2. The molecule has 5 nitrogen and oxygen atoms in total. The molecule has 2 heterocycles. The Hall–Kier alpha value is -1.75. The second kappa shape index (κ2) is 6.16. The summed E-state index contributed by atoms with van der Waals surface area (Å²) < 4.78 is 11.1. The van der Waals surface area contributed by atoms with Gasteiger partial charge in [0, 0.05) is 31.7 Å². The predicted octanol–water partition coefficient (Wildman–Crippen LogP) is 2.41. The summed E-state index contributed by atoms with van der Waals surface area (Å²) in [6, 6.07) is 4.03. The summed E-state index contributed by atoms with van der Waals surface area (Å²) in [5.74, 6) is 1.38. The Bertz CT molecular complexity index is 567. The first-order chi connectivity index (χ1) is 10.6. The number of nitrogens with one attached hydrogen (secondary N) is 1. The molecular weight excluding hydrogens is 280 g/mol. The lowest BCUT2D eigenvalue weighted by Gasteiger charge is -2.23. The van der Waals surface area contributed by atoms with E-state index in [-0.39, 0.29) is 12.1 Å². The third kappa shape index (κ3) is 2.90. The molecule has 0 aliphatic carbocycles. The van der Waals surface area contributed by atoms with E-state index in [2.05, 4.69) is 31.3 Å². The van der Waals surface area contributed by atoms with Crippen LogP contribution in [0.1, 0.15) is 29.2 Å². The van der Waals surface area contributed by atoms with Crippen molar-refractivity contribution in [1.82, 2.24) is 10.2 Å². The van der Waals surface area contributed by atoms with Crippen LogP contribution >= 0.6 is 0 Å². The fraction of sp³-hybridized carbons (Fsp3) is 0.588. The van der Waals surface area contributed by atoms with E-state index in [0.717, 1.165) is 43.1 Å². The van der Waals surface area contributed by atoms with Crippen LogP contribution in [0.2, 0.25) is 0 Å². The summed E-state index contributed by atoms with van der Waals surface area (Å²) in [5.41, 5.74) is 3.45. The number of aryl methyl sites for hydroxylation is 1. The minimum atomic E-state index is -0.0657. The molecule has 1 fully saturated rings. The van der Waals surface area contributed by atoms with Gasteiger partial charge in [0.15, 0.2) is 0 Å². The van der Waals surface area contributed by atoms with Crippen molar-refractivity contribution in [3.8, 4) is 5.75 Å². The van der Waals surface area contributed by atoms with Crippen molar-refractivity contribution in [2.75, 3.05) is 33.4 Å². The van der Waals surface area contributed by atoms with Crippen LogP contribution in [-0.4, -0.2) is 44.3 Å². The average Bonchev–Trinajstić information content (AvgIpc) is 3.13. The SMILES string of the molecule is Cc1ccc2c(c1C)OC[C@H]2NC(=O)N(C)C[C@H]1CCOC1. The van der Waals surface area contributed by atoms with E-state index < -0.39 is 0 Å². The number of carbonyl (C=O) groups excluding carboxylic acids is 1. The first-order valence-electron chi connectivity index (χ1n) is 7.88. The number of fused-ring (bicyclic) bond motifs is 1. The summed E-state index contributed by atoms with van der Waals surface area (Å²) in [5, 5.41) is 3.08. The van der Waals surface area contributed by atoms with Crippen LogP contribution in [0.5, 0.6) is 5.75 Å². The Morgan fingerprint density at radius 2 is 2.18 bits per heavy atom. The van der Waals surface area contributed by atoms with Gasteiger partial charge in [0.05, 0.1) is 12.6 Å². The average molecular weight is 304 g/mol. The lowest BCUT2D eigenvalue weighted by Crippen LogP contribution is -2.42. The predicted molar refractivity (Wildman–Crippen MR) is 84.2 cm³/mol. The molecule has 5 heteroatoms. The largest absolute Gasteiger partial charge is 0.490 e. The highest BCUT2D eigenvalue weighted by Gasteiger charge is 2.29. The summed E-state index contributed by atoms with van der Waals surface area (Å²) in [7, 11) is 1.84. The van der Waals surface area contributed by atoms with Crippen LogP contribution in [0, 0.1) is 19.8 Å². The highest BCUT2D eigenvalue weighted by atomic mass is 16.5. The molecule has 0 saturated carbocycles. The molecule has 1 aromatic carbocycles. The minimum absolute atomic E-state index is 0.0495. The van der Waals surface area contributed by atoms with Gasteiger partial charge in [-0.1, -0.05) is 12.1 Å². The van der Waals surface area contributed by atoms with Gasteiger partial charge in [-0.25, -0.2) is 4.79 Å². The van der Waals surface area contributed by atoms with E-state index in [0.29, 0.717) is 12.5 Å². The fourth-order valence-corrected chi connectivity index (χ4v) is 3.11. The van der Waals surface area contributed by atoms with E-state index in [9.17, 15) is 4.79 Å². The van der Waals surface area contributed by atoms with Gasteiger partial charge in [-0.2, -0.15) is 0 Å². The summed E-state index contributed by atoms with van der Waals surface area (Å²) in [6.07, 6.45) is 1.03. The maximum Gasteiger partial charge on any atom is 0.317 e. The summed E-state index contributed by atoms with van der Waals surface area (Å²) in [4.78, 5) is 14.1. The van der Waals surface area contributed by atoms with Crippen LogP contribution in [0.25, 0.3) is 0 Å². The molecule has 1 N–H and O–H groups in total. The van der Waals surface area contributed by atoms with Gasteiger partial charge in [0.25, 0.3) is 0 Å². The Balaban J connectivity index is 1.62. The second-order valence-corrected chi connectivity index (χ2v) is 6.35. The van der Waals surface area contributed by atoms with Gasteiger partial charge in [-0.05, 0) is 31.4 Å². The molecule has 0 aromatic heterocycles. The topological polar surface area (TPSA) is 50.8 Å². The monoisotopic (exact) mass is 304 g/mol. The van der Waals surface area contributed by atoms with E-state index in [4.69, 9.17) is 9.47 Å². The van der Waals surface area contributed by atoms with Gasteiger partial charge in [0.1, 0.15) is 12.4 Å². The Morgan fingerprint density at radius 1 is 1.36 bits per heavy atom. The quantitative estimate of drug-likeness (QED) is 0.933. The number of hydrogen-bond donors (Lipinski definition) is 1. The van der Waals surface area contributed by atoms with E-state index in [1.165, 1.54) is 5.56 Å². The third-order valence-electron chi connectivity index (χ3n) is 4.68. The van der Waals surface area contributed by atoms with Crippen molar-refractivity contribution < 1.29 is 14.3 Å². The van der Waals surface area contributed by atoms with Crippen molar-refractivity contribution in [2.45, 2.75) is 26.3 Å². The third-order valence-corrected chi connectivity index (χ3v) is 4.68. The molecule has 0 unspecified atom stereocenters. The van der Waals surface area contributed by atoms with E-state index in [1.807, 2.05) is 7.05 Å². The van der Waals surface area contributed by atoms with Gasteiger partial charge in [-0.15, -0.1) is 0 Å². The zero-order chi connectivity index (χ0) is 15.7. The first-order valence-corrected chi connectivity index (χ1v) is 7.88. The van der Waals surface area contributed by atoms with E-state index >= 15 is 0 Å². The number of rotatable bonds is 3. The smallest absolute Gasteiger partial charge is 0.317 e. The number of carbonyl (C=O) groups is 1. The molecule has 2 aliphatic heterocycles. The number of urea groups is 1. The molecule has 1 aromatic rings. The molecule has 2 amide bonds. The molecule has 120 valence electrons. The second-order valence-electron chi connectivity index (χ2n) is 6.35.